The number of Topliss-reactive ketones (excluding diaryl/α,β-unsaturated/α-hetero) is 1. The Morgan fingerprint density at radius 2 is 1.47 bits per heavy atom. The fourth-order valence-electron chi connectivity index (χ4n) is 10.6. The number of ketones is 1. The topological polar surface area (TPSA) is 175 Å². The molecule has 6 aromatic rings. The summed E-state index contributed by atoms with van der Waals surface area (Å²) < 4.78 is 10.5. The van der Waals surface area contributed by atoms with Crippen molar-refractivity contribution < 1.29 is 28.7 Å². The number of carbonyl (C=O) groups is 4. The van der Waals surface area contributed by atoms with Gasteiger partial charge in [0.05, 0.1) is 55.1 Å². The highest BCUT2D eigenvalue weighted by Gasteiger charge is 2.40. The normalized spacial score (nSPS) is 19.3. The number of aryl methyl sites for hydroxylation is 2. The summed E-state index contributed by atoms with van der Waals surface area (Å²) >= 11 is 0. The van der Waals surface area contributed by atoms with Gasteiger partial charge in [-0.05, 0) is 109 Å². The molecule has 3 aliphatic heterocycles. The number of hydrogen-bond acceptors (Lipinski definition) is 9. The second-order valence-corrected chi connectivity index (χ2v) is 18.1. The Labute approximate surface area is 383 Å². The second-order valence-electron chi connectivity index (χ2n) is 18.1. The average molecular weight is 889 g/mol. The summed E-state index contributed by atoms with van der Waals surface area (Å²) in [6, 6.07) is 27.2. The minimum atomic E-state index is -0.879. The fraction of sp³-hybridized carbons (Fsp3) is 0.385. The van der Waals surface area contributed by atoms with Gasteiger partial charge in [0.25, 0.3) is 5.91 Å². The second kappa shape index (κ2) is 18.7. The molecule has 0 spiro atoms. The third kappa shape index (κ3) is 8.62. The van der Waals surface area contributed by atoms with Crippen molar-refractivity contribution >= 4 is 34.5 Å². The Hall–Kier alpha value is -6.64. The van der Waals surface area contributed by atoms with Crippen LogP contribution in [0.5, 0.6) is 0 Å². The molecule has 0 bridgehead atoms. The minimum Gasteiger partial charge on any atom is -0.453 e. The van der Waals surface area contributed by atoms with Crippen LogP contribution in [0.2, 0.25) is 0 Å². The van der Waals surface area contributed by atoms with Crippen molar-refractivity contribution in [1.29, 1.82) is 0 Å². The molecule has 4 aromatic carbocycles. The minimum absolute atomic E-state index is 0.0193. The van der Waals surface area contributed by atoms with Crippen molar-refractivity contribution in [3.05, 3.63) is 120 Å². The smallest absolute Gasteiger partial charge is 0.407 e. The predicted octanol–water partition coefficient (Wildman–Crippen LogP) is 7.78. The summed E-state index contributed by atoms with van der Waals surface area (Å²) in [6.07, 6.45) is 7.79. The van der Waals surface area contributed by atoms with Crippen LogP contribution in [0.25, 0.3) is 44.4 Å². The van der Waals surface area contributed by atoms with Crippen molar-refractivity contribution in [1.82, 2.24) is 40.4 Å². The summed E-state index contributed by atoms with van der Waals surface area (Å²) in [7, 11) is 1.29. The number of ether oxygens (including phenoxy) is 2. The summed E-state index contributed by atoms with van der Waals surface area (Å²) in [6.45, 7) is 4.23. The molecule has 4 N–H and O–H groups in total. The molecular weight excluding hydrogens is 833 g/mol. The van der Waals surface area contributed by atoms with E-state index in [1.807, 2.05) is 41.4 Å². The lowest BCUT2D eigenvalue weighted by atomic mass is 9.89. The number of carbonyl (C=O) groups excluding carboxylic acids is 4. The first-order valence-corrected chi connectivity index (χ1v) is 23.3. The van der Waals surface area contributed by atoms with Gasteiger partial charge in [0.1, 0.15) is 23.5 Å². The highest BCUT2D eigenvalue weighted by atomic mass is 16.5. The number of aromatic nitrogens is 4. The molecule has 4 unspecified atom stereocenters. The molecule has 10 rings (SSSR count). The van der Waals surface area contributed by atoms with Crippen LogP contribution < -0.4 is 10.6 Å². The van der Waals surface area contributed by atoms with Gasteiger partial charge in [-0.2, -0.15) is 0 Å². The van der Waals surface area contributed by atoms with Crippen LogP contribution in [0.1, 0.15) is 92.0 Å². The lowest BCUT2D eigenvalue weighted by Crippen LogP contribution is -2.52. The van der Waals surface area contributed by atoms with E-state index in [9.17, 15) is 19.2 Å². The first kappa shape index (κ1) is 43.3. The Bertz CT molecular complexity index is 2780. The highest BCUT2D eigenvalue weighted by molar-refractivity contribution is 5.91. The van der Waals surface area contributed by atoms with Gasteiger partial charge in [-0.3, -0.25) is 19.7 Å². The summed E-state index contributed by atoms with van der Waals surface area (Å²) in [5.41, 5.74) is 9.35. The Balaban J connectivity index is 0.839. The summed E-state index contributed by atoms with van der Waals surface area (Å²) in [5, 5.41) is 8.27. The van der Waals surface area contributed by atoms with Crippen LogP contribution in [0.3, 0.4) is 0 Å². The quantitative estimate of drug-likeness (QED) is 0.0957. The van der Waals surface area contributed by atoms with Crippen LogP contribution in [0.4, 0.5) is 4.79 Å². The molecule has 1 aliphatic carbocycles. The fourth-order valence-corrected chi connectivity index (χ4v) is 10.6. The Morgan fingerprint density at radius 3 is 2.21 bits per heavy atom. The molecule has 340 valence electrons. The maximum absolute atomic E-state index is 14.2. The monoisotopic (exact) mass is 888 g/mol. The number of rotatable bonds is 12. The number of nitrogens with zero attached hydrogens (tertiary/aromatic N) is 4. The molecule has 66 heavy (non-hydrogen) atoms. The number of imidazole rings is 2. The molecule has 5 heterocycles. The zero-order valence-corrected chi connectivity index (χ0v) is 37.5. The number of hydrogen-bond donors (Lipinski definition) is 4. The predicted molar refractivity (Wildman–Crippen MR) is 250 cm³/mol. The van der Waals surface area contributed by atoms with Gasteiger partial charge in [0, 0.05) is 37.4 Å². The number of H-pyrrole nitrogens is 2. The van der Waals surface area contributed by atoms with E-state index < -0.39 is 18.2 Å². The number of alkyl carbamates (subject to hydrolysis) is 1. The standard InChI is InChI=1S/C52H56N8O6/c1-31(61)29-53-45(33-20-24-66-25-21-33)50(62)60-23-7-11-44(60)49-55-41-19-17-38-27-37(16-18-40(38)47(41)57-49)34-12-13-36-28-39(15-14-35(36)26-34)42-30-54-48(56-42)43-10-6-22-59(43)51(63)46(58-52(64)65-2)32-8-4-3-5-9-32/h3-5,8-9,12-16,18,26-28,30,33,43-46,53H,6-7,10-11,17,19-25,29H2,1-2H3,(H,54,56)(H,55,57)(H,58,64). The van der Waals surface area contributed by atoms with Gasteiger partial charge < -0.3 is 34.6 Å². The third-order valence-electron chi connectivity index (χ3n) is 14.0. The number of benzene rings is 4. The van der Waals surface area contributed by atoms with Crippen LogP contribution in [0.15, 0.2) is 91.1 Å². The van der Waals surface area contributed by atoms with E-state index in [0.29, 0.717) is 37.7 Å². The molecule has 4 atom stereocenters. The lowest BCUT2D eigenvalue weighted by Gasteiger charge is -2.34. The molecule has 4 aliphatic rings. The Kier molecular flexibility index (Phi) is 12.3. The van der Waals surface area contributed by atoms with Crippen molar-refractivity contribution in [2.45, 2.75) is 82.5 Å². The van der Waals surface area contributed by atoms with Crippen molar-refractivity contribution in [2.24, 2.45) is 5.92 Å². The maximum Gasteiger partial charge on any atom is 0.407 e. The molecular formula is C52H56N8O6. The zero-order valence-electron chi connectivity index (χ0n) is 37.5. The molecule has 14 nitrogen and oxygen atoms in total. The van der Waals surface area contributed by atoms with E-state index in [2.05, 4.69) is 75.2 Å². The van der Waals surface area contributed by atoms with Crippen molar-refractivity contribution in [3.8, 4) is 33.6 Å². The number of amides is 3. The van der Waals surface area contributed by atoms with Gasteiger partial charge in [0.15, 0.2) is 0 Å². The van der Waals surface area contributed by atoms with Gasteiger partial charge in [-0.25, -0.2) is 14.8 Å². The molecule has 0 radical (unpaired) electrons. The van der Waals surface area contributed by atoms with E-state index in [1.165, 1.54) is 12.7 Å². The largest absolute Gasteiger partial charge is 0.453 e. The lowest BCUT2D eigenvalue weighted by molar-refractivity contribution is -0.137. The van der Waals surface area contributed by atoms with Crippen LogP contribution in [-0.2, 0) is 36.7 Å². The molecule has 14 heteroatoms. The van der Waals surface area contributed by atoms with E-state index >= 15 is 0 Å². The molecule has 0 saturated carbocycles. The highest BCUT2D eigenvalue weighted by Crippen LogP contribution is 2.40. The SMILES string of the molecule is COC(=O)NC(C(=O)N1CCCC1c1ncc(-c2ccc3cc(-c4ccc5c(c4)CCc4nc(C6CCCN6C(=O)C(NCC(C)=O)C6CCOCC6)[nH]c4-5)ccc3c2)[nH]1)c1ccccc1. The van der Waals surface area contributed by atoms with E-state index in [-0.39, 0.29) is 42.1 Å². The van der Waals surface area contributed by atoms with Crippen LogP contribution >= 0.6 is 0 Å². The summed E-state index contributed by atoms with van der Waals surface area (Å²) in [4.78, 5) is 73.4. The van der Waals surface area contributed by atoms with Gasteiger partial charge in [0.2, 0.25) is 5.91 Å². The first-order valence-electron chi connectivity index (χ1n) is 23.3. The van der Waals surface area contributed by atoms with E-state index in [1.54, 1.807) is 11.8 Å². The van der Waals surface area contributed by atoms with Crippen LogP contribution in [-0.4, -0.2) is 99.4 Å². The van der Waals surface area contributed by atoms with Crippen molar-refractivity contribution in [3.63, 3.8) is 0 Å². The van der Waals surface area contributed by atoms with Gasteiger partial charge >= 0.3 is 6.09 Å². The van der Waals surface area contributed by atoms with Crippen LogP contribution in [0, 0.1) is 5.92 Å². The number of likely N-dealkylation sites (tertiary alicyclic amines) is 2. The van der Waals surface area contributed by atoms with Gasteiger partial charge in [-0.15, -0.1) is 0 Å². The third-order valence-corrected chi connectivity index (χ3v) is 14.0. The average Bonchev–Trinajstić information content (AvgIpc) is 4.20. The molecule has 3 fully saturated rings. The number of aromatic amines is 2. The van der Waals surface area contributed by atoms with E-state index in [4.69, 9.17) is 19.4 Å². The molecule has 3 saturated heterocycles. The molecule has 3 amide bonds. The molecule has 2 aromatic heterocycles. The first-order chi connectivity index (χ1) is 32.2. The maximum atomic E-state index is 14.2. The van der Waals surface area contributed by atoms with Crippen molar-refractivity contribution in [2.75, 3.05) is 40.0 Å². The number of fused-ring (bicyclic) bond motifs is 4. The zero-order chi connectivity index (χ0) is 45.3. The Morgan fingerprint density at radius 1 is 0.788 bits per heavy atom. The number of methoxy groups -OCH3 is 1. The summed E-state index contributed by atoms with van der Waals surface area (Å²) in [5.74, 6) is 1.56. The van der Waals surface area contributed by atoms with Gasteiger partial charge in [-0.1, -0.05) is 72.8 Å². The van der Waals surface area contributed by atoms with E-state index in [0.717, 1.165) is 107 Å². The number of nitrogens with one attached hydrogen (secondary N) is 4.